The van der Waals surface area contributed by atoms with E-state index in [0.29, 0.717) is 16.1 Å². The van der Waals surface area contributed by atoms with Gasteiger partial charge in [0.2, 0.25) is 5.91 Å². The molecule has 1 aliphatic rings. The van der Waals surface area contributed by atoms with Gasteiger partial charge in [-0.3, -0.25) is 14.2 Å². The fraction of sp³-hybridized carbons (Fsp3) is 0.348. The quantitative estimate of drug-likeness (QED) is 0.488. The number of para-hydroxylation sites is 1. The van der Waals surface area contributed by atoms with E-state index in [1.54, 1.807) is 4.57 Å². The molecule has 6 heteroatoms. The fourth-order valence-corrected chi connectivity index (χ4v) is 4.29. The van der Waals surface area contributed by atoms with Gasteiger partial charge in [0.15, 0.2) is 5.16 Å². The van der Waals surface area contributed by atoms with Crippen molar-refractivity contribution in [2.75, 3.05) is 5.75 Å². The second-order valence-corrected chi connectivity index (χ2v) is 8.68. The molecule has 1 atom stereocenters. The summed E-state index contributed by atoms with van der Waals surface area (Å²) in [5.41, 5.74) is 4.21. The van der Waals surface area contributed by atoms with Crippen LogP contribution in [0.4, 0.5) is 0 Å². The average molecular weight is 408 g/mol. The number of aromatic nitrogens is 2. The van der Waals surface area contributed by atoms with Crippen molar-refractivity contribution in [2.24, 2.45) is 0 Å². The first-order valence-electron chi connectivity index (χ1n) is 9.94. The number of hydrogen-bond donors (Lipinski definition) is 1. The Hall–Kier alpha value is -2.60. The van der Waals surface area contributed by atoms with Gasteiger partial charge in [0.1, 0.15) is 0 Å². The smallest absolute Gasteiger partial charge is 0.262 e. The molecule has 3 aromatic rings. The summed E-state index contributed by atoms with van der Waals surface area (Å²) in [6.45, 7) is 6.14. The summed E-state index contributed by atoms with van der Waals surface area (Å²) in [5, 5.41) is 4.32. The zero-order valence-corrected chi connectivity index (χ0v) is 17.8. The number of thioether (sulfide) groups is 1. The molecule has 0 spiro atoms. The molecule has 2 aromatic carbocycles. The van der Waals surface area contributed by atoms with E-state index in [2.05, 4.69) is 42.3 Å². The zero-order chi connectivity index (χ0) is 20.5. The number of nitrogens with zero attached hydrogens (tertiary/aromatic N) is 2. The summed E-state index contributed by atoms with van der Waals surface area (Å²) in [5.74, 6) is 0.164. The molecular formula is C23H25N3O2S. The maximum atomic E-state index is 12.9. The van der Waals surface area contributed by atoms with Gasteiger partial charge < -0.3 is 5.32 Å². The molecule has 29 heavy (non-hydrogen) atoms. The van der Waals surface area contributed by atoms with Crippen LogP contribution in [-0.2, 0) is 4.79 Å². The van der Waals surface area contributed by atoms with Crippen LogP contribution in [0.25, 0.3) is 10.9 Å². The van der Waals surface area contributed by atoms with Crippen molar-refractivity contribution in [1.29, 1.82) is 0 Å². The van der Waals surface area contributed by atoms with Crippen LogP contribution in [0.3, 0.4) is 0 Å². The minimum atomic E-state index is -0.0717. The Morgan fingerprint density at radius 2 is 1.97 bits per heavy atom. The Bertz CT molecular complexity index is 1130. The molecule has 0 aliphatic heterocycles. The summed E-state index contributed by atoms with van der Waals surface area (Å²) in [6.07, 6.45) is 1.98. The molecule has 0 radical (unpaired) electrons. The molecule has 1 heterocycles. The summed E-state index contributed by atoms with van der Waals surface area (Å²) < 4.78 is 1.77. The molecule has 0 unspecified atom stereocenters. The molecule has 1 fully saturated rings. The van der Waals surface area contributed by atoms with E-state index in [9.17, 15) is 9.59 Å². The highest BCUT2D eigenvalue weighted by Gasteiger charge is 2.28. The van der Waals surface area contributed by atoms with E-state index in [1.807, 2.05) is 31.2 Å². The molecule has 1 saturated carbocycles. The van der Waals surface area contributed by atoms with Crippen molar-refractivity contribution in [3.05, 3.63) is 69.5 Å². The van der Waals surface area contributed by atoms with E-state index in [0.717, 1.165) is 18.4 Å². The number of aryl methyl sites for hydroxylation is 2. The third-order valence-corrected chi connectivity index (χ3v) is 6.38. The Morgan fingerprint density at radius 3 is 2.69 bits per heavy atom. The number of carbonyl (C=O) groups excluding carboxylic acids is 1. The van der Waals surface area contributed by atoms with Gasteiger partial charge in [0.25, 0.3) is 5.56 Å². The van der Waals surface area contributed by atoms with Gasteiger partial charge in [-0.1, -0.05) is 42.1 Å². The van der Waals surface area contributed by atoms with Gasteiger partial charge >= 0.3 is 0 Å². The lowest BCUT2D eigenvalue weighted by atomic mass is 10.0. The van der Waals surface area contributed by atoms with Gasteiger partial charge in [0, 0.05) is 6.04 Å². The van der Waals surface area contributed by atoms with E-state index < -0.39 is 0 Å². The highest BCUT2D eigenvalue weighted by atomic mass is 32.2. The van der Waals surface area contributed by atoms with Gasteiger partial charge in [-0.2, -0.15) is 0 Å². The largest absolute Gasteiger partial charge is 0.349 e. The fourth-order valence-electron chi connectivity index (χ4n) is 3.41. The first-order chi connectivity index (χ1) is 13.9. The molecule has 1 amide bonds. The molecule has 0 saturated heterocycles. The predicted octanol–water partition coefficient (Wildman–Crippen LogP) is 4.32. The minimum Gasteiger partial charge on any atom is -0.349 e. The van der Waals surface area contributed by atoms with E-state index >= 15 is 0 Å². The summed E-state index contributed by atoms with van der Waals surface area (Å²) >= 11 is 1.34. The van der Waals surface area contributed by atoms with Gasteiger partial charge in [-0.05, 0) is 62.4 Å². The van der Waals surface area contributed by atoms with Gasteiger partial charge in [0.05, 0.1) is 22.7 Å². The molecule has 1 aliphatic carbocycles. The SMILES string of the molecule is Cc1ccc([C@@H](C)NC(=O)CSc2nc3ccccc3c(=O)n2C2CC2)cc1C. The molecule has 150 valence electrons. The van der Waals surface area contributed by atoms with Crippen molar-refractivity contribution in [1.82, 2.24) is 14.9 Å². The second-order valence-electron chi connectivity index (χ2n) is 7.74. The molecular weight excluding hydrogens is 382 g/mol. The number of benzene rings is 2. The monoisotopic (exact) mass is 407 g/mol. The lowest BCUT2D eigenvalue weighted by molar-refractivity contribution is -0.119. The maximum absolute atomic E-state index is 12.9. The van der Waals surface area contributed by atoms with Gasteiger partial charge in [-0.25, -0.2) is 4.98 Å². The number of hydrogen-bond acceptors (Lipinski definition) is 4. The molecule has 1 aromatic heterocycles. The van der Waals surface area contributed by atoms with E-state index in [-0.39, 0.29) is 29.3 Å². The van der Waals surface area contributed by atoms with Crippen LogP contribution in [0.2, 0.25) is 0 Å². The number of nitrogens with one attached hydrogen (secondary N) is 1. The number of rotatable bonds is 6. The lowest BCUT2D eigenvalue weighted by Crippen LogP contribution is -2.29. The third-order valence-electron chi connectivity index (χ3n) is 5.43. The summed E-state index contributed by atoms with van der Waals surface area (Å²) in [6, 6.07) is 13.8. The van der Waals surface area contributed by atoms with Crippen LogP contribution in [0.1, 0.15) is 48.5 Å². The topological polar surface area (TPSA) is 64.0 Å². The van der Waals surface area contributed by atoms with Gasteiger partial charge in [-0.15, -0.1) is 0 Å². The number of fused-ring (bicyclic) bond motifs is 1. The second kappa shape index (κ2) is 8.03. The normalized spacial score (nSPS) is 14.7. The molecule has 0 bridgehead atoms. The Morgan fingerprint density at radius 1 is 1.21 bits per heavy atom. The third kappa shape index (κ3) is 4.22. The Balaban J connectivity index is 1.49. The summed E-state index contributed by atoms with van der Waals surface area (Å²) in [4.78, 5) is 30.1. The molecule has 4 rings (SSSR count). The molecule has 5 nitrogen and oxygen atoms in total. The van der Waals surface area contributed by atoms with Crippen LogP contribution in [-0.4, -0.2) is 21.2 Å². The average Bonchev–Trinajstić information content (AvgIpc) is 3.53. The first kappa shape index (κ1) is 19.7. The van der Waals surface area contributed by atoms with Crippen molar-refractivity contribution in [3.63, 3.8) is 0 Å². The highest BCUT2D eigenvalue weighted by molar-refractivity contribution is 7.99. The van der Waals surface area contributed by atoms with Crippen LogP contribution in [0, 0.1) is 13.8 Å². The van der Waals surface area contributed by atoms with Crippen LogP contribution < -0.4 is 10.9 Å². The highest BCUT2D eigenvalue weighted by Crippen LogP contribution is 2.36. The Labute approximate surface area is 174 Å². The predicted molar refractivity (Wildman–Crippen MR) is 117 cm³/mol. The van der Waals surface area contributed by atoms with E-state index in [1.165, 1.54) is 22.9 Å². The minimum absolute atomic E-state index is 0.00972. The van der Waals surface area contributed by atoms with Crippen molar-refractivity contribution in [3.8, 4) is 0 Å². The number of carbonyl (C=O) groups is 1. The lowest BCUT2D eigenvalue weighted by Gasteiger charge is -2.16. The van der Waals surface area contributed by atoms with Crippen LogP contribution in [0.5, 0.6) is 0 Å². The molecule has 1 N–H and O–H groups in total. The first-order valence-corrected chi connectivity index (χ1v) is 10.9. The van der Waals surface area contributed by atoms with E-state index in [4.69, 9.17) is 0 Å². The zero-order valence-electron chi connectivity index (χ0n) is 16.9. The summed E-state index contributed by atoms with van der Waals surface area (Å²) in [7, 11) is 0. The van der Waals surface area contributed by atoms with Crippen molar-refractivity contribution < 1.29 is 4.79 Å². The van der Waals surface area contributed by atoms with Crippen molar-refractivity contribution >= 4 is 28.6 Å². The number of amides is 1. The Kier molecular flexibility index (Phi) is 5.46. The van der Waals surface area contributed by atoms with Crippen LogP contribution >= 0.6 is 11.8 Å². The maximum Gasteiger partial charge on any atom is 0.262 e. The standard InChI is InChI=1S/C23H25N3O2S/c1-14-8-9-17(12-15(14)2)16(3)24-21(27)13-29-23-25-20-7-5-4-6-19(20)22(28)26(23)18-10-11-18/h4-9,12,16,18H,10-11,13H2,1-3H3,(H,24,27)/t16-/m1/s1. The van der Waals surface area contributed by atoms with Crippen molar-refractivity contribution in [2.45, 2.75) is 50.9 Å². The van der Waals surface area contributed by atoms with Crippen LogP contribution in [0.15, 0.2) is 52.4 Å².